The average molecular weight is 392 g/mol. The number of nitrogens with zero attached hydrogens (tertiary/aromatic N) is 3. The van der Waals surface area contributed by atoms with Crippen molar-refractivity contribution in [3.8, 4) is 11.3 Å². The number of hydrogen-bond donors (Lipinski definition) is 1. The highest BCUT2D eigenvalue weighted by molar-refractivity contribution is 5.84. The van der Waals surface area contributed by atoms with Crippen LogP contribution in [-0.4, -0.2) is 35.6 Å². The first-order chi connectivity index (χ1) is 14.1. The van der Waals surface area contributed by atoms with Gasteiger partial charge in [-0.3, -0.25) is 0 Å². The van der Waals surface area contributed by atoms with Gasteiger partial charge in [-0.05, 0) is 49.7 Å². The highest BCUT2D eigenvalue weighted by Crippen LogP contribution is 2.26. The summed E-state index contributed by atoms with van der Waals surface area (Å²) < 4.78 is 21.4. The van der Waals surface area contributed by atoms with E-state index in [1.54, 1.807) is 22.9 Å². The molecular formula is C22H21FN4O2. The molecule has 3 aromatic heterocycles. The van der Waals surface area contributed by atoms with Gasteiger partial charge in [0.2, 0.25) is 0 Å². The molecule has 4 heterocycles. The summed E-state index contributed by atoms with van der Waals surface area (Å²) in [4.78, 5) is 19.3. The largest absolute Gasteiger partial charge is 0.422 e. The predicted molar refractivity (Wildman–Crippen MR) is 111 cm³/mol. The summed E-state index contributed by atoms with van der Waals surface area (Å²) in [7, 11) is 0. The molecule has 7 heteroatoms. The Hall–Kier alpha value is -3.19. The number of imidazole rings is 1. The summed E-state index contributed by atoms with van der Waals surface area (Å²) >= 11 is 0. The first-order valence-electron chi connectivity index (χ1n) is 9.77. The van der Waals surface area contributed by atoms with E-state index in [0.29, 0.717) is 16.8 Å². The van der Waals surface area contributed by atoms with E-state index in [4.69, 9.17) is 4.42 Å². The van der Waals surface area contributed by atoms with Crippen molar-refractivity contribution in [1.82, 2.24) is 14.7 Å². The lowest BCUT2D eigenvalue weighted by Crippen LogP contribution is -2.27. The fraction of sp³-hybridized carbons (Fsp3) is 0.273. The van der Waals surface area contributed by atoms with Crippen LogP contribution < -0.4 is 15.8 Å². The average Bonchev–Trinajstić information content (AvgIpc) is 2.93. The molecule has 148 valence electrons. The van der Waals surface area contributed by atoms with E-state index >= 15 is 0 Å². The minimum atomic E-state index is -0.479. The number of pyridine rings is 1. The molecule has 5 rings (SSSR count). The molecule has 1 fully saturated rings. The minimum Gasteiger partial charge on any atom is -0.422 e. The third-order valence-corrected chi connectivity index (χ3v) is 5.34. The number of benzene rings is 1. The molecular weight excluding hydrogens is 371 g/mol. The second-order valence-electron chi connectivity index (χ2n) is 7.48. The number of aromatic nitrogens is 2. The predicted octanol–water partition coefficient (Wildman–Crippen LogP) is 3.35. The molecule has 0 atom stereocenters. The lowest BCUT2D eigenvalue weighted by Gasteiger charge is -2.22. The van der Waals surface area contributed by atoms with E-state index in [0.717, 1.165) is 49.2 Å². The van der Waals surface area contributed by atoms with E-state index in [2.05, 4.69) is 15.2 Å². The Labute approximate surface area is 166 Å². The summed E-state index contributed by atoms with van der Waals surface area (Å²) in [6.07, 6.45) is 4.51. The number of anilines is 1. The van der Waals surface area contributed by atoms with Crippen LogP contribution in [0.5, 0.6) is 0 Å². The van der Waals surface area contributed by atoms with Crippen LogP contribution in [0, 0.1) is 12.7 Å². The van der Waals surface area contributed by atoms with Gasteiger partial charge in [-0.15, -0.1) is 0 Å². The van der Waals surface area contributed by atoms with Crippen LogP contribution in [0.2, 0.25) is 0 Å². The summed E-state index contributed by atoms with van der Waals surface area (Å²) in [6, 6.07) is 9.11. The van der Waals surface area contributed by atoms with Crippen molar-refractivity contribution < 1.29 is 8.81 Å². The summed E-state index contributed by atoms with van der Waals surface area (Å²) in [5.41, 5.74) is 2.79. The van der Waals surface area contributed by atoms with Crippen molar-refractivity contribution in [1.29, 1.82) is 0 Å². The second kappa shape index (κ2) is 7.00. The van der Waals surface area contributed by atoms with Crippen molar-refractivity contribution in [2.75, 3.05) is 31.1 Å². The third kappa shape index (κ3) is 3.27. The Balaban J connectivity index is 1.57. The number of halogens is 1. The zero-order valence-electron chi connectivity index (χ0n) is 16.1. The minimum absolute atomic E-state index is 0.190. The Bertz CT molecular complexity index is 1270. The van der Waals surface area contributed by atoms with Crippen LogP contribution in [0.15, 0.2) is 51.9 Å². The SMILES string of the molecule is Cc1cc(F)c2nc(-c3cc4ccc(N5CCCNCC5)cc4oc3=O)cn2c1. The van der Waals surface area contributed by atoms with Gasteiger partial charge in [0.25, 0.3) is 0 Å². The van der Waals surface area contributed by atoms with Crippen LogP contribution in [0.1, 0.15) is 12.0 Å². The van der Waals surface area contributed by atoms with Crippen molar-refractivity contribution in [2.24, 2.45) is 0 Å². The lowest BCUT2D eigenvalue weighted by atomic mass is 10.1. The van der Waals surface area contributed by atoms with Crippen LogP contribution in [-0.2, 0) is 0 Å². The highest BCUT2D eigenvalue weighted by Gasteiger charge is 2.15. The topological polar surface area (TPSA) is 62.8 Å². The molecule has 1 N–H and O–H groups in total. The monoisotopic (exact) mass is 392 g/mol. The van der Waals surface area contributed by atoms with Gasteiger partial charge in [0.15, 0.2) is 11.5 Å². The van der Waals surface area contributed by atoms with Gasteiger partial charge in [-0.25, -0.2) is 14.2 Å². The number of aryl methyl sites for hydroxylation is 1. The Kier molecular flexibility index (Phi) is 4.32. The fourth-order valence-corrected chi connectivity index (χ4v) is 3.90. The molecule has 0 spiro atoms. The Morgan fingerprint density at radius 3 is 2.93 bits per heavy atom. The molecule has 0 amide bonds. The highest BCUT2D eigenvalue weighted by atomic mass is 19.1. The lowest BCUT2D eigenvalue weighted by molar-refractivity contribution is 0.563. The van der Waals surface area contributed by atoms with E-state index in [1.807, 2.05) is 25.1 Å². The number of nitrogens with one attached hydrogen (secondary N) is 1. The van der Waals surface area contributed by atoms with Crippen molar-refractivity contribution in [3.05, 3.63) is 64.5 Å². The van der Waals surface area contributed by atoms with E-state index in [-0.39, 0.29) is 5.65 Å². The number of hydrogen-bond acceptors (Lipinski definition) is 5. The van der Waals surface area contributed by atoms with E-state index < -0.39 is 11.4 Å². The molecule has 1 aliphatic heterocycles. The van der Waals surface area contributed by atoms with Gasteiger partial charge >= 0.3 is 5.63 Å². The molecule has 0 aliphatic carbocycles. The molecule has 1 aromatic carbocycles. The van der Waals surface area contributed by atoms with Gasteiger partial charge in [-0.1, -0.05) is 0 Å². The maximum Gasteiger partial charge on any atom is 0.345 e. The first kappa shape index (κ1) is 17.9. The molecule has 1 saturated heterocycles. The van der Waals surface area contributed by atoms with Crippen molar-refractivity contribution in [3.63, 3.8) is 0 Å². The van der Waals surface area contributed by atoms with Crippen LogP contribution in [0.25, 0.3) is 27.9 Å². The molecule has 29 heavy (non-hydrogen) atoms. The molecule has 1 aliphatic rings. The van der Waals surface area contributed by atoms with Crippen molar-refractivity contribution >= 4 is 22.3 Å². The Morgan fingerprint density at radius 1 is 1.14 bits per heavy atom. The van der Waals surface area contributed by atoms with Gasteiger partial charge in [0.1, 0.15) is 5.58 Å². The standard InChI is InChI=1S/C22H21FN4O2/c1-14-9-18(23)21-25-19(13-27(21)12-14)17-10-15-3-4-16(11-20(15)29-22(17)28)26-7-2-5-24-6-8-26/h3-4,9-13,24H,2,5-8H2,1H3. The maximum absolute atomic E-state index is 14.2. The number of fused-ring (bicyclic) bond motifs is 2. The first-order valence-corrected chi connectivity index (χ1v) is 9.77. The Morgan fingerprint density at radius 2 is 2.03 bits per heavy atom. The van der Waals surface area contributed by atoms with E-state index in [1.165, 1.54) is 6.07 Å². The summed E-state index contributed by atoms with van der Waals surface area (Å²) in [5, 5.41) is 4.20. The van der Waals surface area contributed by atoms with Gasteiger partial charge < -0.3 is 19.0 Å². The van der Waals surface area contributed by atoms with Crippen LogP contribution >= 0.6 is 0 Å². The quantitative estimate of drug-likeness (QED) is 0.530. The summed E-state index contributed by atoms with van der Waals surface area (Å²) in [5.74, 6) is -0.419. The molecule has 0 bridgehead atoms. The molecule has 0 radical (unpaired) electrons. The van der Waals surface area contributed by atoms with Gasteiger partial charge in [-0.2, -0.15) is 0 Å². The summed E-state index contributed by atoms with van der Waals surface area (Å²) in [6.45, 7) is 5.64. The maximum atomic E-state index is 14.2. The zero-order valence-corrected chi connectivity index (χ0v) is 16.1. The third-order valence-electron chi connectivity index (χ3n) is 5.34. The number of rotatable bonds is 2. The van der Waals surface area contributed by atoms with Crippen LogP contribution in [0.3, 0.4) is 0 Å². The molecule has 6 nitrogen and oxygen atoms in total. The van der Waals surface area contributed by atoms with Crippen molar-refractivity contribution in [2.45, 2.75) is 13.3 Å². The molecule has 4 aromatic rings. The molecule has 0 saturated carbocycles. The van der Waals surface area contributed by atoms with E-state index in [9.17, 15) is 9.18 Å². The normalized spacial score (nSPS) is 15.2. The smallest absolute Gasteiger partial charge is 0.345 e. The van der Waals surface area contributed by atoms with Crippen LogP contribution in [0.4, 0.5) is 10.1 Å². The fourth-order valence-electron chi connectivity index (χ4n) is 3.90. The zero-order chi connectivity index (χ0) is 20.0. The van der Waals surface area contributed by atoms with Gasteiger partial charge in [0.05, 0.1) is 11.3 Å². The second-order valence-corrected chi connectivity index (χ2v) is 7.48. The molecule has 0 unspecified atom stereocenters. The van der Waals surface area contributed by atoms with Gasteiger partial charge in [0, 0.05) is 49.2 Å².